The molecule has 240 valence electrons. The van der Waals surface area contributed by atoms with Gasteiger partial charge in [0.2, 0.25) is 0 Å². The fourth-order valence-corrected chi connectivity index (χ4v) is 5.56. The zero-order chi connectivity index (χ0) is 33.0. The number of benzene rings is 2. The summed E-state index contributed by atoms with van der Waals surface area (Å²) >= 11 is 3.02. The minimum atomic E-state index is -4.72. The average molecular weight is 639 g/mol. The quantitative estimate of drug-likeness (QED) is 0.168. The molecule has 3 N–H and O–H groups in total. The molecule has 0 atom stereocenters. The molecule has 0 fully saturated rings. The summed E-state index contributed by atoms with van der Waals surface area (Å²) < 4.78 is 42.4. The first-order valence-corrected chi connectivity index (χ1v) is 16.3. The summed E-state index contributed by atoms with van der Waals surface area (Å²) in [5.41, 5.74) is 10.8. The van der Waals surface area contributed by atoms with E-state index in [-0.39, 0.29) is 5.75 Å². The van der Waals surface area contributed by atoms with Crippen molar-refractivity contribution in [2.24, 2.45) is 5.73 Å². The summed E-state index contributed by atoms with van der Waals surface area (Å²) in [7, 11) is 1.82. The number of nitrogens with two attached hydrogens (primary N) is 1. The molecule has 0 aliphatic heterocycles. The van der Waals surface area contributed by atoms with Crippen LogP contribution >= 0.6 is 23.5 Å². The lowest BCUT2D eigenvalue weighted by atomic mass is 10.1. The fraction of sp³-hybridized carbons (Fsp3) is 0.441. The lowest BCUT2D eigenvalue weighted by Crippen LogP contribution is -2.18. The van der Waals surface area contributed by atoms with Crippen LogP contribution in [0.15, 0.2) is 74.6 Å². The molecule has 4 nitrogen and oxygen atoms in total. The summed E-state index contributed by atoms with van der Waals surface area (Å²) in [5, 5.41) is 4.92. The molecule has 0 radical (unpaired) electrons. The van der Waals surface area contributed by atoms with E-state index in [1.807, 2.05) is 66.8 Å². The van der Waals surface area contributed by atoms with Crippen molar-refractivity contribution in [1.82, 2.24) is 5.32 Å². The highest BCUT2D eigenvalue weighted by Gasteiger charge is 2.32. The number of thioether (sulfide) groups is 2. The Hall–Kier alpha value is -2.78. The van der Waals surface area contributed by atoms with E-state index in [1.165, 1.54) is 23.4 Å². The van der Waals surface area contributed by atoms with Crippen LogP contribution in [0.5, 0.6) is 5.75 Å². The Bertz CT molecular complexity index is 1220. The molecule has 9 heteroatoms. The van der Waals surface area contributed by atoms with Gasteiger partial charge in [-0.25, -0.2) is 0 Å². The van der Waals surface area contributed by atoms with E-state index in [9.17, 15) is 18.0 Å². The topological polar surface area (TPSA) is 64.3 Å². The fourth-order valence-electron chi connectivity index (χ4n) is 3.45. The van der Waals surface area contributed by atoms with Crippen LogP contribution in [0, 0.1) is 6.92 Å². The van der Waals surface area contributed by atoms with Crippen LogP contribution in [-0.4, -0.2) is 19.7 Å². The second-order valence-electron chi connectivity index (χ2n) is 9.29. The number of hydrogen-bond acceptors (Lipinski definition) is 6. The minimum absolute atomic E-state index is 0.176. The van der Waals surface area contributed by atoms with E-state index in [2.05, 4.69) is 30.0 Å². The number of carbonyl (C=O) groups is 1. The van der Waals surface area contributed by atoms with Crippen molar-refractivity contribution in [3.05, 3.63) is 86.4 Å². The average Bonchev–Trinajstić information content (AvgIpc) is 2.99. The third kappa shape index (κ3) is 15.5. The molecule has 0 unspecified atom stereocenters. The van der Waals surface area contributed by atoms with Crippen molar-refractivity contribution in [1.29, 1.82) is 0 Å². The summed E-state index contributed by atoms with van der Waals surface area (Å²) in [6, 6.07) is 12.3. The van der Waals surface area contributed by atoms with Crippen molar-refractivity contribution in [2.45, 2.75) is 98.8 Å². The maximum Gasteiger partial charge on any atom is 0.573 e. The van der Waals surface area contributed by atoms with Gasteiger partial charge in [0.05, 0.1) is 10.1 Å². The van der Waals surface area contributed by atoms with Gasteiger partial charge >= 0.3 is 6.36 Å². The first-order chi connectivity index (χ1) is 20.4. The third-order valence-corrected chi connectivity index (χ3v) is 8.65. The largest absolute Gasteiger partial charge is 0.573 e. The molecule has 2 rings (SSSR count). The number of halogens is 3. The number of aryl methyl sites for hydroxylation is 1. The molecular weight excluding hydrogens is 590 g/mol. The number of alkyl halides is 3. The molecule has 0 bridgehead atoms. The van der Waals surface area contributed by atoms with E-state index < -0.39 is 6.36 Å². The Labute approximate surface area is 265 Å². The molecule has 0 aliphatic rings. The van der Waals surface area contributed by atoms with E-state index in [0.29, 0.717) is 12.0 Å². The Morgan fingerprint density at radius 3 is 2.19 bits per heavy atom. The number of hydrogen-bond donors (Lipinski definition) is 2. The SMILES string of the molecule is CC.CCC(C)=C(NC)SC(=C(C)CC)c1ccccc1OC(F)(F)F.CCC/C=C(\N)Sc1cc(CC=O)ccc1C. The van der Waals surface area contributed by atoms with E-state index in [0.717, 1.165) is 68.5 Å². The monoisotopic (exact) mass is 638 g/mol. The summed E-state index contributed by atoms with van der Waals surface area (Å²) in [6.07, 6.45) is 2.44. The Kier molecular flexibility index (Phi) is 20.4. The number of aldehydes is 1. The first kappa shape index (κ1) is 40.2. The number of ether oxygens (including phenoxy) is 1. The van der Waals surface area contributed by atoms with Crippen molar-refractivity contribution in [3.63, 3.8) is 0 Å². The van der Waals surface area contributed by atoms with Crippen molar-refractivity contribution < 1.29 is 22.7 Å². The lowest BCUT2D eigenvalue weighted by molar-refractivity contribution is -0.274. The standard InChI is InChI=1S/C18H24F3NOS.C14H19NOS.C2H6/c1-6-12(3)16(24-17(22-5)13(4)7-2)14-10-8-9-11-15(14)23-18(19,20)21;1-3-4-5-14(15)17-13-10-12(8-9-16)7-6-11(13)2;1-2/h8-11,22H,6-7H2,1-5H3;5-7,9-10H,3-4,8,15H2,1-2H3;1-2H3/b;14-5+;. The normalized spacial score (nSPS) is 12.5. The van der Waals surface area contributed by atoms with Crippen LogP contribution in [0.1, 0.15) is 90.8 Å². The maximum atomic E-state index is 12.7. The van der Waals surface area contributed by atoms with Crippen molar-refractivity contribution in [2.75, 3.05) is 7.05 Å². The molecule has 43 heavy (non-hydrogen) atoms. The Morgan fingerprint density at radius 1 is 1.02 bits per heavy atom. The van der Waals surface area contributed by atoms with Gasteiger partial charge in [-0.05, 0) is 68.9 Å². The number of para-hydroxylation sites is 1. The highest BCUT2D eigenvalue weighted by atomic mass is 32.2. The van der Waals surface area contributed by atoms with Crippen LogP contribution in [-0.2, 0) is 11.2 Å². The molecule has 0 saturated heterocycles. The molecule has 0 heterocycles. The number of nitrogens with one attached hydrogen (secondary N) is 1. The van der Waals surface area contributed by atoms with Crippen LogP contribution in [0.2, 0.25) is 0 Å². The minimum Gasteiger partial charge on any atom is -0.405 e. The second kappa shape index (κ2) is 21.8. The lowest BCUT2D eigenvalue weighted by Gasteiger charge is -2.19. The van der Waals surface area contributed by atoms with Crippen LogP contribution in [0.3, 0.4) is 0 Å². The Morgan fingerprint density at radius 2 is 1.65 bits per heavy atom. The van der Waals surface area contributed by atoms with Gasteiger partial charge in [0.1, 0.15) is 12.0 Å². The van der Waals surface area contributed by atoms with Crippen LogP contribution in [0.25, 0.3) is 4.91 Å². The van der Waals surface area contributed by atoms with Gasteiger partial charge in [-0.15, -0.1) is 13.2 Å². The van der Waals surface area contributed by atoms with Gasteiger partial charge < -0.3 is 20.6 Å². The zero-order valence-electron chi connectivity index (χ0n) is 27.1. The first-order valence-electron chi connectivity index (χ1n) is 14.7. The molecule has 2 aromatic carbocycles. The molecule has 0 aliphatic carbocycles. The second-order valence-corrected chi connectivity index (χ2v) is 11.4. The number of unbranched alkanes of at least 4 members (excludes halogenated alkanes) is 1. The number of allylic oxidation sites excluding steroid dienone is 3. The van der Waals surface area contributed by atoms with Gasteiger partial charge in [-0.3, -0.25) is 0 Å². The molecular formula is C34H49F3N2O2S2. The summed E-state index contributed by atoms with van der Waals surface area (Å²) in [4.78, 5) is 12.4. The van der Waals surface area contributed by atoms with Gasteiger partial charge in [-0.1, -0.05) is 107 Å². The predicted molar refractivity (Wildman–Crippen MR) is 181 cm³/mol. The highest BCUT2D eigenvalue weighted by molar-refractivity contribution is 8.11. The third-order valence-electron chi connectivity index (χ3n) is 6.06. The summed E-state index contributed by atoms with van der Waals surface area (Å²) in [5.74, 6) is -0.176. The van der Waals surface area contributed by atoms with Crippen molar-refractivity contribution in [3.8, 4) is 5.75 Å². The molecule has 0 amide bonds. The highest BCUT2D eigenvalue weighted by Crippen LogP contribution is 2.42. The van der Waals surface area contributed by atoms with E-state index in [4.69, 9.17) is 5.73 Å². The zero-order valence-corrected chi connectivity index (χ0v) is 28.7. The van der Waals surface area contributed by atoms with Crippen LogP contribution in [0.4, 0.5) is 13.2 Å². The predicted octanol–water partition coefficient (Wildman–Crippen LogP) is 10.8. The van der Waals surface area contributed by atoms with Gasteiger partial charge in [0, 0.05) is 28.8 Å². The van der Waals surface area contributed by atoms with Crippen LogP contribution < -0.4 is 15.8 Å². The number of rotatable bonds is 13. The Balaban J connectivity index is 0.000000815. The molecule has 0 saturated carbocycles. The van der Waals surface area contributed by atoms with Crippen molar-refractivity contribution >= 4 is 34.7 Å². The van der Waals surface area contributed by atoms with Gasteiger partial charge in [0.25, 0.3) is 0 Å². The molecule has 0 spiro atoms. The molecule has 0 aromatic heterocycles. The molecule has 2 aromatic rings. The smallest absolute Gasteiger partial charge is 0.405 e. The maximum absolute atomic E-state index is 12.7. The van der Waals surface area contributed by atoms with E-state index >= 15 is 0 Å². The summed E-state index contributed by atoms with van der Waals surface area (Å²) in [6.45, 7) is 16.2. The van der Waals surface area contributed by atoms with E-state index in [1.54, 1.807) is 30.0 Å². The van der Waals surface area contributed by atoms with Gasteiger partial charge in [-0.2, -0.15) is 0 Å². The number of carbonyl (C=O) groups excluding carboxylic acids is 1. The van der Waals surface area contributed by atoms with Gasteiger partial charge in [0.15, 0.2) is 0 Å².